The van der Waals surface area contributed by atoms with Crippen molar-refractivity contribution in [3.63, 3.8) is 0 Å². The molecule has 0 saturated heterocycles. The van der Waals surface area contributed by atoms with Crippen LogP contribution in [-0.4, -0.2) is 12.6 Å². The van der Waals surface area contributed by atoms with Crippen molar-refractivity contribution < 1.29 is 0 Å². The maximum Gasteiger partial charge on any atom is 0.0701 e. The van der Waals surface area contributed by atoms with Crippen molar-refractivity contribution >= 4 is 27.3 Å². The van der Waals surface area contributed by atoms with Crippen LogP contribution < -0.4 is 5.32 Å². The number of likely N-dealkylation sites (N-methyl/N-ethyl adjacent to an activating group) is 1. The number of rotatable bonds is 8. The molecule has 20 heavy (non-hydrogen) atoms. The maximum absolute atomic E-state index is 3.62. The van der Waals surface area contributed by atoms with Gasteiger partial charge in [0, 0.05) is 10.9 Å². The van der Waals surface area contributed by atoms with Crippen LogP contribution in [0.15, 0.2) is 46.3 Å². The average Bonchev–Trinajstić information content (AvgIpc) is 2.85. The minimum atomic E-state index is 0.592. The van der Waals surface area contributed by atoms with E-state index >= 15 is 0 Å². The van der Waals surface area contributed by atoms with Gasteiger partial charge in [0.15, 0.2) is 0 Å². The van der Waals surface area contributed by atoms with Gasteiger partial charge in [0.25, 0.3) is 0 Å². The van der Waals surface area contributed by atoms with Crippen LogP contribution in [0.5, 0.6) is 0 Å². The van der Waals surface area contributed by atoms with Crippen LogP contribution in [-0.2, 0) is 12.8 Å². The fourth-order valence-corrected chi connectivity index (χ4v) is 4.03. The number of hydrogen-bond donors (Lipinski definition) is 1. The predicted octanol–water partition coefficient (Wildman–Crippen LogP) is 5.05. The molecule has 1 aromatic heterocycles. The Hall–Kier alpha value is -0.640. The number of nitrogens with one attached hydrogen (secondary N) is 1. The minimum absolute atomic E-state index is 0.592. The molecule has 0 bridgehead atoms. The standard InChI is InChI=1S/C17H22BrNS/c1-2-19-15(13-16-11-12-17(18)20-16)10-6-9-14-7-4-3-5-8-14/h3-5,7-8,11-12,15,19H,2,6,9-10,13H2,1H3. The van der Waals surface area contributed by atoms with Crippen LogP contribution in [0.1, 0.15) is 30.2 Å². The highest BCUT2D eigenvalue weighted by molar-refractivity contribution is 9.11. The normalized spacial score (nSPS) is 12.5. The summed E-state index contributed by atoms with van der Waals surface area (Å²) in [5.41, 5.74) is 1.45. The minimum Gasteiger partial charge on any atom is -0.314 e. The zero-order valence-electron chi connectivity index (χ0n) is 11.9. The van der Waals surface area contributed by atoms with Gasteiger partial charge in [-0.1, -0.05) is 37.3 Å². The van der Waals surface area contributed by atoms with Gasteiger partial charge < -0.3 is 5.32 Å². The highest BCUT2D eigenvalue weighted by Gasteiger charge is 2.10. The lowest BCUT2D eigenvalue weighted by Crippen LogP contribution is -2.30. The summed E-state index contributed by atoms with van der Waals surface area (Å²) >= 11 is 5.39. The fourth-order valence-electron chi connectivity index (χ4n) is 2.47. The van der Waals surface area contributed by atoms with Gasteiger partial charge in [-0.05, 0) is 65.9 Å². The smallest absolute Gasteiger partial charge is 0.0701 e. The van der Waals surface area contributed by atoms with Crippen molar-refractivity contribution in [1.29, 1.82) is 0 Å². The van der Waals surface area contributed by atoms with E-state index in [0.717, 1.165) is 13.0 Å². The van der Waals surface area contributed by atoms with Crippen LogP contribution in [0.25, 0.3) is 0 Å². The summed E-state index contributed by atoms with van der Waals surface area (Å²) in [4.78, 5) is 1.46. The largest absolute Gasteiger partial charge is 0.314 e. The Balaban J connectivity index is 1.80. The van der Waals surface area contributed by atoms with E-state index in [0.29, 0.717) is 6.04 Å². The highest BCUT2D eigenvalue weighted by atomic mass is 79.9. The van der Waals surface area contributed by atoms with Gasteiger partial charge in [-0.3, -0.25) is 0 Å². The van der Waals surface area contributed by atoms with E-state index in [1.54, 1.807) is 0 Å². The first-order valence-electron chi connectivity index (χ1n) is 7.29. The molecule has 0 aliphatic heterocycles. The summed E-state index contributed by atoms with van der Waals surface area (Å²) < 4.78 is 1.23. The third kappa shape index (κ3) is 5.39. The monoisotopic (exact) mass is 351 g/mol. The Morgan fingerprint density at radius 2 is 1.95 bits per heavy atom. The van der Waals surface area contributed by atoms with Gasteiger partial charge in [0.2, 0.25) is 0 Å². The molecule has 0 aliphatic rings. The van der Waals surface area contributed by atoms with Gasteiger partial charge >= 0.3 is 0 Å². The Morgan fingerprint density at radius 3 is 2.60 bits per heavy atom. The van der Waals surface area contributed by atoms with Crippen molar-refractivity contribution in [2.24, 2.45) is 0 Å². The number of thiophene rings is 1. The number of hydrogen-bond acceptors (Lipinski definition) is 2. The molecule has 0 radical (unpaired) electrons. The summed E-state index contributed by atoms with van der Waals surface area (Å²) in [6, 6.07) is 15.7. The second kappa shape index (κ2) is 8.60. The predicted molar refractivity (Wildman–Crippen MR) is 92.6 cm³/mol. The second-order valence-electron chi connectivity index (χ2n) is 5.04. The molecule has 1 nitrogen and oxygen atoms in total. The van der Waals surface area contributed by atoms with Crippen LogP contribution in [0.4, 0.5) is 0 Å². The van der Waals surface area contributed by atoms with Crippen molar-refractivity contribution in [2.45, 2.75) is 38.6 Å². The molecule has 1 heterocycles. The third-order valence-electron chi connectivity index (χ3n) is 3.43. The molecule has 2 rings (SSSR count). The summed E-state index contributed by atoms with van der Waals surface area (Å²) in [6.45, 7) is 3.23. The maximum atomic E-state index is 3.62. The first kappa shape index (κ1) is 15.7. The Morgan fingerprint density at radius 1 is 1.15 bits per heavy atom. The molecule has 0 spiro atoms. The summed E-state index contributed by atoms with van der Waals surface area (Å²) in [6.07, 6.45) is 4.79. The number of benzene rings is 1. The van der Waals surface area contributed by atoms with Crippen molar-refractivity contribution in [3.05, 3.63) is 56.7 Å². The van der Waals surface area contributed by atoms with Crippen LogP contribution in [0.3, 0.4) is 0 Å². The first-order valence-corrected chi connectivity index (χ1v) is 8.90. The lowest BCUT2D eigenvalue weighted by molar-refractivity contribution is 0.479. The molecule has 0 saturated carbocycles. The number of aryl methyl sites for hydroxylation is 1. The summed E-state index contributed by atoms with van der Waals surface area (Å²) in [7, 11) is 0. The van der Waals surface area contributed by atoms with E-state index < -0.39 is 0 Å². The highest BCUT2D eigenvalue weighted by Crippen LogP contribution is 2.24. The van der Waals surface area contributed by atoms with E-state index in [4.69, 9.17) is 0 Å². The number of halogens is 1. The van der Waals surface area contributed by atoms with Crippen LogP contribution in [0.2, 0.25) is 0 Å². The zero-order valence-corrected chi connectivity index (χ0v) is 14.3. The lowest BCUT2D eigenvalue weighted by Gasteiger charge is -2.17. The van der Waals surface area contributed by atoms with Gasteiger partial charge in [-0.25, -0.2) is 0 Å². The molecule has 0 aliphatic carbocycles. The lowest BCUT2D eigenvalue weighted by atomic mass is 10.0. The molecule has 1 aromatic carbocycles. The second-order valence-corrected chi connectivity index (χ2v) is 7.59. The Bertz CT molecular complexity index is 495. The van der Waals surface area contributed by atoms with Crippen molar-refractivity contribution in [1.82, 2.24) is 5.32 Å². The first-order chi connectivity index (χ1) is 9.78. The molecule has 0 fully saturated rings. The van der Waals surface area contributed by atoms with Crippen molar-refractivity contribution in [2.75, 3.05) is 6.54 Å². The van der Waals surface area contributed by atoms with E-state index in [-0.39, 0.29) is 0 Å². The molecular formula is C17H22BrNS. The molecule has 1 unspecified atom stereocenters. The van der Waals surface area contributed by atoms with Gasteiger partial charge in [0.05, 0.1) is 3.79 Å². The Kier molecular flexibility index (Phi) is 6.77. The summed E-state index contributed by atoms with van der Waals surface area (Å²) in [5, 5.41) is 3.62. The molecular weight excluding hydrogens is 330 g/mol. The van der Waals surface area contributed by atoms with E-state index in [1.807, 2.05) is 11.3 Å². The Labute approximate surface area is 134 Å². The summed E-state index contributed by atoms with van der Waals surface area (Å²) in [5.74, 6) is 0. The molecule has 3 heteroatoms. The zero-order chi connectivity index (χ0) is 14.2. The molecule has 108 valence electrons. The van der Waals surface area contributed by atoms with Gasteiger partial charge in [-0.15, -0.1) is 11.3 Å². The van der Waals surface area contributed by atoms with Gasteiger partial charge in [0.1, 0.15) is 0 Å². The van der Waals surface area contributed by atoms with Crippen LogP contribution in [0, 0.1) is 0 Å². The quantitative estimate of drug-likeness (QED) is 0.701. The molecule has 1 N–H and O–H groups in total. The third-order valence-corrected chi connectivity index (χ3v) is 5.08. The van der Waals surface area contributed by atoms with Crippen molar-refractivity contribution in [3.8, 4) is 0 Å². The molecule has 2 aromatic rings. The van der Waals surface area contributed by atoms with Gasteiger partial charge in [-0.2, -0.15) is 0 Å². The topological polar surface area (TPSA) is 12.0 Å². The fraction of sp³-hybridized carbons (Fsp3) is 0.412. The molecule has 1 atom stereocenters. The van der Waals surface area contributed by atoms with E-state index in [1.165, 1.54) is 33.5 Å². The SMILES string of the molecule is CCNC(CCCc1ccccc1)Cc1ccc(Br)s1. The van der Waals surface area contributed by atoms with E-state index in [2.05, 4.69) is 70.6 Å². The molecule has 0 amide bonds. The van der Waals surface area contributed by atoms with E-state index in [9.17, 15) is 0 Å². The average molecular weight is 352 g/mol. The van der Waals surface area contributed by atoms with Crippen LogP contribution >= 0.6 is 27.3 Å².